The van der Waals surface area contributed by atoms with Crippen LogP contribution in [0.2, 0.25) is 0 Å². The Bertz CT molecular complexity index is 327. The second kappa shape index (κ2) is 3.96. The molecule has 1 heterocycles. The van der Waals surface area contributed by atoms with E-state index in [4.69, 9.17) is 4.74 Å². The summed E-state index contributed by atoms with van der Waals surface area (Å²) in [5.41, 5.74) is 2.27. The fourth-order valence-corrected chi connectivity index (χ4v) is 1.89. The van der Waals surface area contributed by atoms with Gasteiger partial charge in [0.05, 0.1) is 13.2 Å². The molecular formula is C11H14FNO. The van der Waals surface area contributed by atoms with Gasteiger partial charge in [-0.2, -0.15) is 0 Å². The van der Waals surface area contributed by atoms with Crippen LogP contribution in [0.1, 0.15) is 17.2 Å². The van der Waals surface area contributed by atoms with Crippen molar-refractivity contribution in [2.24, 2.45) is 0 Å². The van der Waals surface area contributed by atoms with Gasteiger partial charge in [0.1, 0.15) is 12.4 Å². The number of halogens is 1. The molecule has 0 fully saturated rings. The zero-order valence-corrected chi connectivity index (χ0v) is 8.22. The maximum Gasteiger partial charge on any atom is 0.119 e. The number of hydrogen-bond acceptors (Lipinski definition) is 2. The highest BCUT2D eigenvalue weighted by molar-refractivity contribution is 5.39. The predicted octanol–water partition coefficient (Wildman–Crippen LogP) is 1.85. The summed E-state index contributed by atoms with van der Waals surface area (Å²) in [5.74, 6) is 0.850. The highest BCUT2D eigenvalue weighted by Crippen LogP contribution is 2.26. The minimum Gasteiger partial charge on any atom is -0.497 e. The Kier molecular flexibility index (Phi) is 2.68. The van der Waals surface area contributed by atoms with Crippen LogP contribution in [0.15, 0.2) is 18.2 Å². The van der Waals surface area contributed by atoms with Crippen LogP contribution < -0.4 is 10.1 Å². The van der Waals surface area contributed by atoms with Gasteiger partial charge in [-0.15, -0.1) is 0 Å². The summed E-state index contributed by atoms with van der Waals surface area (Å²) < 4.78 is 17.8. The molecule has 0 saturated carbocycles. The third-order valence-electron chi connectivity index (χ3n) is 2.66. The summed E-state index contributed by atoms with van der Waals surface area (Å²) in [6.45, 7) is 0.494. The first-order valence-corrected chi connectivity index (χ1v) is 4.81. The van der Waals surface area contributed by atoms with Crippen molar-refractivity contribution in [1.29, 1.82) is 0 Å². The van der Waals surface area contributed by atoms with Gasteiger partial charge in [-0.05, 0) is 36.2 Å². The van der Waals surface area contributed by atoms with Gasteiger partial charge in [0.15, 0.2) is 0 Å². The molecule has 1 aromatic rings. The van der Waals surface area contributed by atoms with Crippen molar-refractivity contribution in [2.45, 2.75) is 12.5 Å². The molecule has 2 nitrogen and oxygen atoms in total. The molecule has 0 bridgehead atoms. The van der Waals surface area contributed by atoms with Crippen molar-refractivity contribution in [3.8, 4) is 5.75 Å². The third-order valence-corrected chi connectivity index (χ3v) is 2.66. The molecule has 1 aliphatic heterocycles. The molecule has 2 rings (SSSR count). The van der Waals surface area contributed by atoms with Gasteiger partial charge in [-0.25, -0.2) is 4.39 Å². The van der Waals surface area contributed by atoms with Gasteiger partial charge in [-0.1, -0.05) is 6.07 Å². The van der Waals surface area contributed by atoms with Gasteiger partial charge in [-0.3, -0.25) is 0 Å². The highest BCUT2D eigenvalue weighted by atomic mass is 19.1. The minimum absolute atomic E-state index is 0.135. The second-order valence-corrected chi connectivity index (χ2v) is 3.48. The van der Waals surface area contributed by atoms with Crippen LogP contribution >= 0.6 is 0 Å². The molecule has 0 aromatic heterocycles. The van der Waals surface area contributed by atoms with Crippen LogP contribution in [0.5, 0.6) is 5.75 Å². The molecule has 76 valence electrons. The summed E-state index contributed by atoms with van der Waals surface area (Å²) in [4.78, 5) is 0. The Labute approximate surface area is 83.1 Å². The van der Waals surface area contributed by atoms with E-state index in [0.717, 1.165) is 24.3 Å². The third kappa shape index (κ3) is 1.60. The topological polar surface area (TPSA) is 21.3 Å². The fraction of sp³-hybridized carbons (Fsp3) is 0.455. The van der Waals surface area contributed by atoms with E-state index in [-0.39, 0.29) is 12.7 Å². The van der Waals surface area contributed by atoms with Crippen LogP contribution in [-0.4, -0.2) is 20.3 Å². The number of rotatable bonds is 2. The molecule has 0 amide bonds. The average molecular weight is 195 g/mol. The predicted molar refractivity (Wildman–Crippen MR) is 53.4 cm³/mol. The zero-order valence-electron chi connectivity index (χ0n) is 8.22. The molecule has 3 heteroatoms. The maximum atomic E-state index is 12.6. The van der Waals surface area contributed by atoms with Crippen LogP contribution in [0.25, 0.3) is 0 Å². The van der Waals surface area contributed by atoms with Crippen molar-refractivity contribution in [1.82, 2.24) is 5.32 Å². The van der Waals surface area contributed by atoms with Crippen LogP contribution in [0, 0.1) is 0 Å². The number of ether oxygens (including phenoxy) is 1. The van der Waals surface area contributed by atoms with Gasteiger partial charge >= 0.3 is 0 Å². The largest absolute Gasteiger partial charge is 0.497 e. The maximum absolute atomic E-state index is 12.6. The lowest BCUT2D eigenvalue weighted by Crippen LogP contribution is -2.30. The summed E-state index contributed by atoms with van der Waals surface area (Å²) in [7, 11) is 1.65. The Hall–Kier alpha value is -1.09. The molecule has 0 aliphatic carbocycles. The van der Waals surface area contributed by atoms with E-state index < -0.39 is 0 Å². The molecule has 1 aromatic carbocycles. The van der Waals surface area contributed by atoms with Crippen LogP contribution in [0.4, 0.5) is 4.39 Å². The molecule has 1 N–H and O–H groups in total. The quantitative estimate of drug-likeness (QED) is 0.777. The standard InChI is InChI=1S/C11H14FNO/c1-14-9-2-3-10-8(6-9)4-5-13-11(10)7-12/h2-3,6,11,13H,4-5,7H2,1H3. The SMILES string of the molecule is COc1ccc2c(c1)CCNC2CF. The molecule has 0 saturated heterocycles. The van der Waals surface area contributed by atoms with Crippen molar-refractivity contribution >= 4 is 0 Å². The first-order valence-electron chi connectivity index (χ1n) is 4.81. The minimum atomic E-state index is -0.348. The number of benzene rings is 1. The number of nitrogens with one attached hydrogen (secondary N) is 1. The van der Waals surface area contributed by atoms with E-state index in [9.17, 15) is 4.39 Å². The van der Waals surface area contributed by atoms with E-state index in [1.807, 2.05) is 18.2 Å². The molecular weight excluding hydrogens is 181 g/mol. The van der Waals surface area contributed by atoms with E-state index in [1.165, 1.54) is 5.56 Å². The lowest BCUT2D eigenvalue weighted by Gasteiger charge is -2.25. The first kappa shape index (κ1) is 9.46. The lowest BCUT2D eigenvalue weighted by atomic mass is 9.95. The van der Waals surface area contributed by atoms with E-state index in [1.54, 1.807) is 7.11 Å². The van der Waals surface area contributed by atoms with Gasteiger partial charge in [0.25, 0.3) is 0 Å². The van der Waals surface area contributed by atoms with Crippen LogP contribution in [-0.2, 0) is 6.42 Å². The Morgan fingerprint density at radius 1 is 1.57 bits per heavy atom. The first-order chi connectivity index (χ1) is 6.85. The van der Waals surface area contributed by atoms with Gasteiger partial charge in [0.2, 0.25) is 0 Å². The average Bonchev–Trinajstić information content (AvgIpc) is 2.27. The molecule has 0 radical (unpaired) electrons. The van der Waals surface area contributed by atoms with Crippen molar-refractivity contribution in [3.05, 3.63) is 29.3 Å². The summed E-state index contributed by atoms with van der Waals surface area (Å²) in [6.07, 6.45) is 0.947. The van der Waals surface area contributed by atoms with Gasteiger partial charge in [0, 0.05) is 0 Å². The van der Waals surface area contributed by atoms with Crippen molar-refractivity contribution < 1.29 is 9.13 Å². The van der Waals surface area contributed by atoms with E-state index >= 15 is 0 Å². The van der Waals surface area contributed by atoms with Crippen molar-refractivity contribution in [2.75, 3.05) is 20.3 Å². The Morgan fingerprint density at radius 3 is 3.14 bits per heavy atom. The molecule has 0 spiro atoms. The van der Waals surface area contributed by atoms with Crippen molar-refractivity contribution in [3.63, 3.8) is 0 Å². The molecule has 1 unspecified atom stereocenters. The molecule has 1 aliphatic rings. The van der Waals surface area contributed by atoms with E-state index in [0.29, 0.717) is 0 Å². The zero-order chi connectivity index (χ0) is 9.97. The summed E-state index contributed by atoms with van der Waals surface area (Å²) in [5, 5.41) is 3.15. The Balaban J connectivity index is 2.35. The number of alkyl halides is 1. The number of methoxy groups -OCH3 is 1. The summed E-state index contributed by atoms with van der Waals surface area (Å²) >= 11 is 0. The normalized spacial score (nSPS) is 20.3. The number of fused-ring (bicyclic) bond motifs is 1. The number of hydrogen-bond donors (Lipinski definition) is 1. The molecule has 1 atom stereocenters. The summed E-state index contributed by atoms with van der Waals surface area (Å²) in [6, 6.07) is 5.70. The highest BCUT2D eigenvalue weighted by Gasteiger charge is 2.19. The second-order valence-electron chi connectivity index (χ2n) is 3.48. The Morgan fingerprint density at radius 2 is 2.43 bits per heavy atom. The van der Waals surface area contributed by atoms with Crippen LogP contribution in [0.3, 0.4) is 0 Å². The van der Waals surface area contributed by atoms with Gasteiger partial charge < -0.3 is 10.1 Å². The molecule has 14 heavy (non-hydrogen) atoms. The monoisotopic (exact) mass is 195 g/mol. The van der Waals surface area contributed by atoms with E-state index in [2.05, 4.69) is 5.32 Å². The lowest BCUT2D eigenvalue weighted by molar-refractivity contribution is 0.369. The smallest absolute Gasteiger partial charge is 0.119 e. The fourth-order valence-electron chi connectivity index (χ4n) is 1.89.